The van der Waals surface area contributed by atoms with Crippen molar-refractivity contribution in [1.29, 1.82) is 0 Å². The van der Waals surface area contributed by atoms with E-state index < -0.39 is 6.10 Å². The fourth-order valence-electron chi connectivity index (χ4n) is 1.19. The third-order valence-corrected chi connectivity index (χ3v) is 2.63. The van der Waals surface area contributed by atoms with Crippen LogP contribution in [0.1, 0.15) is 18.9 Å². The molecule has 1 N–H and O–H groups in total. The Kier molecular flexibility index (Phi) is 3.02. The van der Waals surface area contributed by atoms with Crippen LogP contribution in [0.3, 0.4) is 0 Å². The monoisotopic (exact) mass is 286 g/mol. The summed E-state index contributed by atoms with van der Waals surface area (Å²) in [6, 6.07) is 4.16. The minimum Gasteiger partial charge on any atom is -0.384 e. The molecule has 4 nitrogen and oxygen atoms in total. The Bertz CT molecular complexity index is 513. The first-order valence-corrected chi connectivity index (χ1v) is 5.34. The molecule has 0 spiro atoms. The SMILES string of the molecule is CC(O)c1nc(-c2ccc(F)cc2Br)no1. The molecule has 1 aromatic heterocycles. The minimum atomic E-state index is -0.819. The van der Waals surface area contributed by atoms with Gasteiger partial charge in [0.1, 0.15) is 11.9 Å². The van der Waals surface area contributed by atoms with Crippen molar-refractivity contribution in [3.63, 3.8) is 0 Å². The zero-order valence-corrected chi connectivity index (χ0v) is 9.90. The van der Waals surface area contributed by atoms with Crippen LogP contribution in [0.2, 0.25) is 0 Å². The Labute approximate surface area is 99.2 Å². The second kappa shape index (κ2) is 4.31. The standard InChI is InChI=1S/C10H8BrFN2O2/c1-5(15)10-13-9(14-16-10)7-3-2-6(12)4-8(7)11/h2-5,15H,1H3. The van der Waals surface area contributed by atoms with Crippen molar-refractivity contribution < 1.29 is 14.0 Å². The molecule has 6 heteroatoms. The number of halogens is 2. The number of benzene rings is 1. The normalized spacial score (nSPS) is 12.8. The lowest BCUT2D eigenvalue weighted by Gasteiger charge is -1.98. The molecule has 0 saturated carbocycles. The lowest BCUT2D eigenvalue weighted by atomic mass is 10.2. The van der Waals surface area contributed by atoms with Crippen LogP contribution in [0.5, 0.6) is 0 Å². The largest absolute Gasteiger partial charge is 0.384 e. The van der Waals surface area contributed by atoms with Gasteiger partial charge < -0.3 is 9.63 Å². The summed E-state index contributed by atoms with van der Waals surface area (Å²) < 4.78 is 18.2. The average Bonchev–Trinajstić information content (AvgIpc) is 2.66. The molecule has 84 valence electrons. The van der Waals surface area contributed by atoms with Gasteiger partial charge in [0.2, 0.25) is 5.82 Å². The van der Waals surface area contributed by atoms with Gasteiger partial charge in [-0.2, -0.15) is 4.98 Å². The summed E-state index contributed by atoms with van der Waals surface area (Å²) in [7, 11) is 0. The second-order valence-electron chi connectivity index (χ2n) is 3.26. The Morgan fingerprint density at radius 3 is 2.81 bits per heavy atom. The Morgan fingerprint density at radius 2 is 2.25 bits per heavy atom. The van der Waals surface area contributed by atoms with Crippen LogP contribution in [0.25, 0.3) is 11.4 Å². The lowest BCUT2D eigenvalue weighted by Crippen LogP contribution is -1.90. The van der Waals surface area contributed by atoms with Gasteiger partial charge >= 0.3 is 0 Å². The van der Waals surface area contributed by atoms with Crippen LogP contribution >= 0.6 is 15.9 Å². The highest BCUT2D eigenvalue weighted by molar-refractivity contribution is 9.10. The first-order chi connectivity index (χ1) is 7.58. The summed E-state index contributed by atoms with van der Waals surface area (Å²) >= 11 is 3.21. The van der Waals surface area contributed by atoms with Crippen LogP contribution in [-0.2, 0) is 0 Å². The lowest BCUT2D eigenvalue weighted by molar-refractivity contribution is 0.152. The molecule has 0 aliphatic rings. The second-order valence-corrected chi connectivity index (χ2v) is 4.11. The first-order valence-electron chi connectivity index (χ1n) is 4.55. The molecule has 2 aromatic rings. The predicted octanol–water partition coefficient (Wildman–Crippen LogP) is 2.69. The van der Waals surface area contributed by atoms with Crippen LogP contribution < -0.4 is 0 Å². The number of aliphatic hydroxyl groups excluding tert-OH is 1. The number of rotatable bonds is 2. The minimum absolute atomic E-state index is 0.131. The van der Waals surface area contributed by atoms with E-state index in [9.17, 15) is 9.50 Å². The van der Waals surface area contributed by atoms with Crippen LogP contribution in [0.4, 0.5) is 4.39 Å². The van der Waals surface area contributed by atoms with Gasteiger partial charge in [0.15, 0.2) is 0 Å². The summed E-state index contributed by atoms with van der Waals surface area (Å²) in [5.41, 5.74) is 0.608. The van der Waals surface area contributed by atoms with E-state index in [4.69, 9.17) is 4.52 Å². The molecule has 0 amide bonds. The molecule has 0 radical (unpaired) electrons. The van der Waals surface area contributed by atoms with Gasteiger partial charge in [0.25, 0.3) is 5.89 Å². The van der Waals surface area contributed by atoms with E-state index in [1.807, 2.05) is 0 Å². The molecule has 1 heterocycles. The van der Waals surface area contributed by atoms with Crippen molar-refractivity contribution in [3.8, 4) is 11.4 Å². The summed E-state index contributed by atoms with van der Waals surface area (Å²) in [4.78, 5) is 3.99. The van der Waals surface area contributed by atoms with Gasteiger partial charge in [0.05, 0.1) is 0 Å². The van der Waals surface area contributed by atoms with Crippen molar-refractivity contribution in [2.24, 2.45) is 0 Å². The molecule has 1 unspecified atom stereocenters. The molecule has 0 aliphatic heterocycles. The average molecular weight is 287 g/mol. The molecular weight excluding hydrogens is 279 g/mol. The van der Waals surface area contributed by atoms with Crippen LogP contribution in [0, 0.1) is 5.82 Å². The summed E-state index contributed by atoms with van der Waals surface area (Å²) in [6.45, 7) is 1.52. The summed E-state index contributed by atoms with van der Waals surface area (Å²) in [6.07, 6.45) is -0.819. The Balaban J connectivity index is 2.42. The highest BCUT2D eigenvalue weighted by Gasteiger charge is 2.14. The van der Waals surface area contributed by atoms with Gasteiger partial charge in [-0.3, -0.25) is 0 Å². The molecule has 1 aromatic carbocycles. The van der Waals surface area contributed by atoms with E-state index in [2.05, 4.69) is 26.1 Å². The summed E-state index contributed by atoms with van der Waals surface area (Å²) in [5.74, 6) is 0.0869. The Hall–Kier alpha value is -1.27. The summed E-state index contributed by atoms with van der Waals surface area (Å²) in [5, 5.41) is 12.9. The predicted molar refractivity (Wildman–Crippen MR) is 58.0 cm³/mol. The van der Waals surface area contributed by atoms with E-state index in [0.717, 1.165) is 0 Å². The molecule has 0 aliphatic carbocycles. The van der Waals surface area contributed by atoms with Crippen molar-refractivity contribution in [1.82, 2.24) is 10.1 Å². The highest BCUT2D eigenvalue weighted by atomic mass is 79.9. The van der Waals surface area contributed by atoms with E-state index in [-0.39, 0.29) is 11.7 Å². The van der Waals surface area contributed by atoms with Crippen molar-refractivity contribution >= 4 is 15.9 Å². The highest BCUT2D eigenvalue weighted by Crippen LogP contribution is 2.27. The number of nitrogens with zero attached hydrogens (tertiary/aromatic N) is 2. The number of aromatic nitrogens is 2. The topological polar surface area (TPSA) is 59.2 Å². The zero-order valence-electron chi connectivity index (χ0n) is 8.32. The maximum absolute atomic E-state index is 12.9. The van der Waals surface area contributed by atoms with E-state index in [0.29, 0.717) is 15.9 Å². The quantitative estimate of drug-likeness (QED) is 0.922. The molecule has 16 heavy (non-hydrogen) atoms. The smallest absolute Gasteiger partial charge is 0.255 e. The van der Waals surface area contributed by atoms with Crippen molar-refractivity contribution in [2.75, 3.05) is 0 Å². The number of hydrogen-bond donors (Lipinski definition) is 1. The molecular formula is C10H8BrFN2O2. The fraction of sp³-hybridized carbons (Fsp3) is 0.200. The van der Waals surface area contributed by atoms with Crippen molar-refractivity contribution in [3.05, 3.63) is 34.4 Å². The molecule has 2 rings (SSSR count). The van der Waals surface area contributed by atoms with Gasteiger partial charge in [-0.25, -0.2) is 4.39 Å². The van der Waals surface area contributed by atoms with Crippen molar-refractivity contribution in [2.45, 2.75) is 13.0 Å². The third kappa shape index (κ3) is 2.12. The first kappa shape index (κ1) is 11.2. The van der Waals surface area contributed by atoms with Gasteiger partial charge in [-0.05, 0) is 41.1 Å². The van der Waals surface area contributed by atoms with E-state index in [1.165, 1.54) is 25.1 Å². The molecule has 0 bridgehead atoms. The van der Waals surface area contributed by atoms with Crippen LogP contribution in [0.15, 0.2) is 27.2 Å². The van der Waals surface area contributed by atoms with Gasteiger partial charge in [0, 0.05) is 10.0 Å². The van der Waals surface area contributed by atoms with E-state index in [1.54, 1.807) is 0 Å². The maximum atomic E-state index is 12.9. The third-order valence-electron chi connectivity index (χ3n) is 1.97. The van der Waals surface area contributed by atoms with Gasteiger partial charge in [-0.1, -0.05) is 5.16 Å². The number of hydrogen-bond acceptors (Lipinski definition) is 4. The fourth-order valence-corrected chi connectivity index (χ4v) is 1.71. The maximum Gasteiger partial charge on any atom is 0.255 e. The zero-order chi connectivity index (χ0) is 11.7. The van der Waals surface area contributed by atoms with E-state index >= 15 is 0 Å². The van der Waals surface area contributed by atoms with Gasteiger partial charge in [-0.15, -0.1) is 0 Å². The molecule has 0 saturated heterocycles. The van der Waals surface area contributed by atoms with Crippen LogP contribution in [-0.4, -0.2) is 15.2 Å². The molecule has 1 atom stereocenters. The molecule has 0 fully saturated rings. The Morgan fingerprint density at radius 1 is 1.50 bits per heavy atom. The number of aliphatic hydroxyl groups is 1.